The first kappa shape index (κ1) is 4.71. The number of rotatable bonds is 0. The lowest BCUT2D eigenvalue weighted by Crippen LogP contribution is -1.91. The molecule has 1 rings (SSSR count). The third-order valence-corrected chi connectivity index (χ3v) is 0.603. The van der Waals surface area contributed by atoms with Crippen LogP contribution in [-0.4, -0.2) is 20.2 Å². The molecule has 0 N–H and O–H groups in total. The summed E-state index contributed by atoms with van der Waals surface area (Å²) < 4.78 is 0. The van der Waals surface area contributed by atoms with Gasteiger partial charge in [0.1, 0.15) is 0 Å². The summed E-state index contributed by atoms with van der Waals surface area (Å²) >= 11 is 0. The van der Waals surface area contributed by atoms with Crippen LogP contribution in [0.25, 0.3) is 0 Å². The number of hydrogen-bond donors (Lipinski definition) is 0. The molecule has 40 valence electrons. The quantitative estimate of drug-likeness (QED) is 0.442. The second-order valence-electron chi connectivity index (χ2n) is 1.23. The van der Waals surface area contributed by atoms with Gasteiger partial charge in [-0.3, -0.25) is 0 Å². The highest BCUT2D eigenvalue weighted by molar-refractivity contribution is 4.73. The predicted molar refractivity (Wildman–Crippen MR) is 23.6 cm³/mol. The second kappa shape index (κ2) is 1.58. The SMILES string of the molecule is Cc1nnn(C#N)n1. The number of hydrogen-bond acceptors (Lipinski definition) is 4. The van der Waals surface area contributed by atoms with E-state index >= 15 is 0 Å². The van der Waals surface area contributed by atoms with Gasteiger partial charge in [-0.05, 0) is 12.1 Å². The monoisotopic (exact) mass is 109 g/mol. The Morgan fingerprint density at radius 2 is 2.50 bits per heavy atom. The molecule has 5 heteroatoms. The van der Waals surface area contributed by atoms with Crippen LogP contribution in [0.15, 0.2) is 0 Å². The molecule has 8 heavy (non-hydrogen) atoms. The molecule has 0 amide bonds. The topological polar surface area (TPSA) is 67.4 Å². The van der Waals surface area contributed by atoms with E-state index in [1.807, 2.05) is 0 Å². The molecule has 0 radical (unpaired) electrons. The van der Waals surface area contributed by atoms with Gasteiger partial charge in [0.05, 0.1) is 0 Å². The van der Waals surface area contributed by atoms with Gasteiger partial charge in [0.25, 0.3) is 0 Å². The van der Waals surface area contributed by atoms with Crippen molar-refractivity contribution in [1.29, 1.82) is 5.26 Å². The standard InChI is InChI=1S/C3H3N5/c1-3-5-7-8(2-4)6-3/h1H3. The molecule has 1 aromatic rings. The molecule has 1 aromatic heterocycles. The highest BCUT2D eigenvalue weighted by Gasteiger charge is 1.90. The molecule has 0 fully saturated rings. The molecule has 0 aromatic carbocycles. The van der Waals surface area contributed by atoms with Gasteiger partial charge in [-0.2, -0.15) is 5.26 Å². The highest BCUT2D eigenvalue weighted by Crippen LogP contribution is 1.75. The first-order valence-electron chi connectivity index (χ1n) is 1.99. The van der Waals surface area contributed by atoms with Crippen molar-refractivity contribution in [2.75, 3.05) is 0 Å². The third kappa shape index (κ3) is 0.632. The summed E-state index contributed by atoms with van der Waals surface area (Å²) in [7, 11) is 0. The Balaban J connectivity index is 3.05. The van der Waals surface area contributed by atoms with E-state index in [0.29, 0.717) is 5.82 Å². The number of tetrazole rings is 1. The fraction of sp³-hybridized carbons (Fsp3) is 0.333. The maximum absolute atomic E-state index is 8.10. The minimum Gasteiger partial charge on any atom is -0.169 e. The molecular weight excluding hydrogens is 106 g/mol. The van der Waals surface area contributed by atoms with Crippen molar-refractivity contribution in [1.82, 2.24) is 20.2 Å². The van der Waals surface area contributed by atoms with E-state index in [1.165, 1.54) is 0 Å². The Morgan fingerprint density at radius 3 is 2.75 bits per heavy atom. The maximum Gasteiger partial charge on any atom is 0.226 e. The number of aryl methyl sites for hydroxylation is 1. The largest absolute Gasteiger partial charge is 0.226 e. The van der Waals surface area contributed by atoms with Crippen LogP contribution in [-0.2, 0) is 0 Å². The third-order valence-electron chi connectivity index (χ3n) is 0.603. The van der Waals surface area contributed by atoms with Crippen molar-refractivity contribution in [3.63, 3.8) is 0 Å². The van der Waals surface area contributed by atoms with E-state index in [1.54, 1.807) is 13.1 Å². The van der Waals surface area contributed by atoms with E-state index in [4.69, 9.17) is 5.26 Å². The van der Waals surface area contributed by atoms with Crippen LogP contribution in [0.3, 0.4) is 0 Å². The van der Waals surface area contributed by atoms with E-state index in [9.17, 15) is 0 Å². The molecule has 0 spiro atoms. The number of nitriles is 1. The van der Waals surface area contributed by atoms with Crippen molar-refractivity contribution in [2.24, 2.45) is 0 Å². The van der Waals surface area contributed by atoms with Crippen molar-refractivity contribution in [3.05, 3.63) is 5.82 Å². The molecule has 1 heterocycles. The molecule has 0 saturated heterocycles. The molecule has 0 saturated carbocycles. The van der Waals surface area contributed by atoms with Gasteiger partial charge in [0.15, 0.2) is 5.82 Å². The molecule has 0 aliphatic heterocycles. The van der Waals surface area contributed by atoms with Crippen LogP contribution < -0.4 is 0 Å². The maximum atomic E-state index is 8.10. The molecule has 0 bridgehead atoms. The summed E-state index contributed by atoms with van der Waals surface area (Å²) in [5.41, 5.74) is 0. The summed E-state index contributed by atoms with van der Waals surface area (Å²) in [5, 5.41) is 18.5. The van der Waals surface area contributed by atoms with Crippen molar-refractivity contribution >= 4 is 0 Å². The van der Waals surface area contributed by atoms with Crippen molar-refractivity contribution < 1.29 is 0 Å². The fourth-order valence-corrected chi connectivity index (χ4v) is 0.327. The zero-order valence-electron chi connectivity index (χ0n) is 4.24. The van der Waals surface area contributed by atoms with Crippen LogP contribution in [0, 0.1) is 18.4 Å². The van der Waals surface area contributed by atoms with E-state index < -0.39 is 0 Å². The second-order valence-corrected chi connectivity index (χ2v) is 1.23. The molecular formula is C3H3N5. The minimum atomic E-state index is 0.506. The first-order valence-corrected chi connectivity index (χ1v) is 1.99. The predicted octanol–water partition coefficient (Wildman–Crippen LogP) is -0.689. The fourth-order valence-electron chi connectivity index (χ4n) is 0.327. The summed E-state index contributed by atoms with van der Waals surface area (Å²) in [6.45, 7) is 1.67. The Morgan fingerprint density at radius 1 is 1.75 bits per heavy atom. The number of nitrogens with zero attached hydrogens (tertiary/aromatic N) is 5. The smallest absolute Gasteiger partial charge is 0.169 e. The average Bonchev–Trinajstić information content (AvgIpc) is 2.14. The lowest BCUT2D eigenvalue weighted by atomic mass is 10.8. The van der Waals surface area contributed by atoms with E-state index in [-0.39, 0.29) is 0 Å². The summed E-state index contributed by atoms with van der Waals surface area (Å²) in [6, 6.07) is 0. The molecule has 0 aliphatic carbocycles. The van der Waals surface area contributed by atoms with Crippen LogP contribution in [0.5, 0.6) is 0 Å². The van der Waals surface area contributed by atoms with Crippen molar-refractivity contribution in [3.8, 4) is 6.19 Å². The normalized spacial score (nSPS) is 8.50. The summed E-state index contributed by atoms with van der Waals surface area (Å²) in [6.07, 6.45) is 1.68. The van der Waals surface area contributed by atoms with Crippen LogP contribution in [0.4, 0.5) is 0 Å². The van der Waals surface area contributed by atoms with Crippen LogP contribution >= 0.6 is 0 Å². The van der Waals surface area contributed by atoms with E-state index in [0.717, 1.165) is 4.80 Å². The van der Waals surface area contributed by atoms with E-state index in [2.05, 4.69) is 15.4 Å². The molecule has 5 nitrogen and oxygen atoms in total. The Bertz CT molecular complexity index is 218. The Kier molecular flexibility index (Phi) is 0.929. The van der Waals surface area contributed by atoms with Crippen LogP contribution in [0.2, 0.25) is 0 Å². The highest BCUT2D eigenvalue weighted by atomic mass is 15.6. The lowest BCUT2D eigenvalue weighted by molar-refractivity contribution is 0.732. The lowest BCUT2D eigenvalue weighted by Gasteiger charge is -1.69. The van der Waals surface area contributed by atoms with Gasteiger partial charge in [-0.1, -0.05) is 4.80 Å². The molecule has 0 aliphatic rings. The van der Waals surface area contributed by atoms with Gasteiger partial charge in [0, 0.05) is 0 Å². The zero-order valence-corrected chi connectivity index (χ0v) is 4.24. The Labute approximate surface area is 45.5 Å². The molecule has 0 unspecified atom stereocenters. The van der Waals surface area contributed by atoms with Gasteiger partial charge in [-0.15, -0.1) is 10.2 Å². The molecule has 0 atom stereocenters. The van der Waals surface area contributed by atoms with Gasteiger partial charge >= 0.3 is 0 Å². The zero-order chi connectivity index (χ0) is 5.98. The number of aromatic nitrogens is 4. The van der Waals surface area contributed by atoms with Crippen molar-refractivity contribution in [2.45, 2.75) is 6.92 Å². The van der Waals surface area contributed by atoms with Gasteiger partial charge in [0.2, 0.25) is 6.19 Å². The van der Waals surface area contributed by atoms with Gasteiger partial charge < -0.3 is 0 Å². The van der Waals surface area contributed by atoms with Gasteiger partial charge in [-0.25, -0.2) is 0 Å². The minimum absolute atomic E-state index is 0.506. The van der Waals surface area contributed by atoms with Crippen LogP contribution in [0.1, 0.15) is 5.82 Å². The summed E-state index contributed by atoms with van der Waals surface area (Å²) in [4.78, 5) is 0.856. The Hall–Kier alpha value is -1.44. The summed E-state index contributed by atoms with van der Waals surface area (Å²) in [5.74, 6) is 0.506. The first-order chi connectivity index (χ1) is 3.83. The average molecular weight is 109 g/mol.